The van der Waals surface area contributed by atoms with Gasteiger partial charge in [0.15, 0.2) is 0 Å². The van der Waals surface area contributed by atoms with Gasteiger partial charge >= 0.3 is 0 Å². The highest BCUT2D eigenvalue weighted by atomic mass is 15.2. The molecule has 0 radical (unpaired) electrons. The molecule has 0 aromatic carbocycles. The molecule has 3 heterocycles. The van der Waals surface area contributed by atoms with E-state index in [-0.39, 0.29) is 0 Å². The van der Waals surface area contributed by atoms with Gasteiger partial charge in [0.05, 0.1) is 18.3 Å². The molecule has 2 aromatic heterocycles. The van der Waals surface area contributed by atoms with Gasteiger partial charge < -0.3 is 9.47 Å². The van der Waals surface area contributed by atoms with Crippen molar-refractivity contribution in [3.8, 4) is 0 Å². The first-order valence-electron chi connectivity index (χ1n) is 8.88. The van der Waals surface area contributed by atoms with E-state index in [2.05, 4.69) is 51.6 Å². The molecule has 130 valence electrons. The van der Waals surface area contributed by atoms with Gasteiger partial charge in [-0.25, -0.2) is 15.0 Å². The molecule has 1 fully saturated rings. The molecule has 1 saturated heterocycles. The van der Waals surface area contributed by atoms with Crippen LogP contribution in [0.2, 0.25) is 0 Å². The van der Waals surface area contributed by atoms with E-state index < -0.39 is 0 Å². The van der Waals surface area contributed by atoms with Crippen LogP contribution in [0.4, 0.5) is 0 Å². The summed E-state index contributed by atoms with van der Waals surface area (Å²) < 4.78 is 2.26. The van der Waals surface area contributed by atoms with E-state index in [0.29, 0.717) is 6.04 Å². The SMILES string of the molecule is CCCn1ccnc1CN1CCC[C@@H]1c1nccc(CN(C)C)n1. The van der Waals surface area contributed by atoms with E-state index in [1.807, 2.05) is 18.5 Å². The molecule has 1 aliphatic heterocycles. The van der Waals surface area contributed by atoms with E-state index in [9.17, 15) is 0 Å². The average molecular weight is 328 g/mol. The van der Waals surface area contributed by atoms with Crippen molar-refractivity contribution in [1.29, 1.82) is 0 Å². The molecule has 0 N–H and O–H groups in total. The Morgan fingerprint density at radius 3 is 2.92 bits per heavy atom. The Hall–Kier alpha value is -1.79. The summed E-state index contributed by atoms with van der Waals surface area (Å²) >= 11 is 0. The molecule has 24 heavy (non-hydrogen) atoms. The van der Waals surface area contributed by atoms with Gasteiger partial charge in [-0.15, -0.1) is 0 Å². The maximum atomic E-state index is 4.81. The van der Waals surface area contributed by atoms with Gasteiger partial charge in [0.2, 0.25) is 0 Å². The number of rotatable bonds is 7. The van der Waals surface area contributed by atoms with Crippen molar-refractivity contribution in [2.75, 3.05) is 20.6 Å². The van der Waals surface area contributed by atoms with Gasteiger partial charge in [-0.2, -0.15) is 0 Å². The maximum Gasteiger partial charge on any atom is 0.145 e. The molecule has 0 aliphatic carbocycles. The highest BCUT2D eigenvalue weighted by Crippen LogP contribution is 2.31. The summed E-state index contributed by atoms with van der Waals surface area (Å²) in [5.74, 6) is 2.11. The van der Waals surface area contributed by atoms with Gasteiger partial charge in [0.1, 0.15) is 11.6 Å². The Morgan fingerprint density at radius 1 is 1.25 bits per heavy atom. The van der Waals surface area contributed by atoms with Gasteiger partial charge in [0.25, 0.3) is 0 Å². The minimum atomic E-state index is 0.305. The van der Waals surface area contributed by atoms with Gasteiger partial charge in [-0.1, -0.05) is 6.92 Å². The lowest BCUT2D eigenvalue weighted by molar-refractivity contribution is 0.229. The second-order valence-electron chi connectivity index (χ2n) is 6.81. The molecule has 0 unspecified atom stereocenters. The summed E-state index contributed by atoms with van der Waals surface area (Å²) in [4.78, 5) is 18.6. The van der Waals surface area contributed by atoms with Crippen LogP contribution in [-0.4, -0.2) is 50.0 Å². The first-order valence-corrected chi connectivity index (χ1v) is 8.88. The van der Waals surface area contributed by atoms with Crippen LogP contribution in [0.1, 0.15) is 49.6 Å². The fraction of sp³-hybridized carbons (Fsp3) is 0.611. The van der Waals surface area contributed by atoms with Crippen LogP contribution in [0.3, 0.4) is 0 Å². The largest absolute Gasteiger partial charge is 0.334 e. The predicted molar refractivity (Wildman–Crippen MR) is 94.3 cm³/mol. The Balaban J connectivity index is 1.74. The molecule has 0 amide bonds. The van der Waals surface area contributed by atoms with Gasteiger partial charge in [-0.05, 0) is 46.0 Å². The number of hydrogen-bond donors (Lipinski definition) is 0. The molecular weight excluding hydrogens is 300 g/mol. The predicted octanol–water partition coefficient (Wildman–Crippen LogP) is 2.48. The van der Waals surface area contributed by atoms with Crippen molar-refractivity contribution in [1.82, 2.24) is 29.3 Å². The van der Waals surface area contributed by atoms with Crippen LogP contribution in [0.25, 0.3) is 0 Å². The summed E-state index contributed by atoms with van der Waals surface area (Å²) in [5, 5.41) is 0. The minimum absolute atomic E-state index is 0.305. The average Bonchev–Trinajstić information content (AvgIpc) is 3.18. The van der Waals surface area contributed by atoms with Crippen molar-refractivity contribution >= 4 is 0 Å². The first-order chi connectivity index (χ1) is 11.7. The smallest absolute Gasteiger partial charge is 0.145 e. The molecule has 1 aliphatic rings. The Morgan fingerprint density at radius 2 is 2.12 bits per heavy atom. The monoisotopic (exact) mass is 328 g/mol. The fourth-order valence-corrected chi connectivity index (χ4v) is 3.41. The third kappa shape index (κ3) is 3.99. The lowest BCUT2D eigenvalue weighted by Gasteiger charge is -2.23. The molecule has 3 rings (SSSR count). The van der Waals surface area contributed by atoms with Crippen molar-refractivity contribution in [2.24, 2.45) is 0 Å². The fourth-order valence-electron chi connectivity index (χ4n) is 3.41. The van der Waals surface area contributed by atoms with E-state index in [0.717, 1.165) is 56.4 Å². The second-order valence-corrected chi connectivity index (χ2v) is 6.81. The molecule has 0 bridgehead atoms. The molecular formula is C18H28N6. The zero-order chi connectivity index (χ0) is 16.9. The van der Waals surface area contributed by atoms with Crippen LogP contribution < -0.4 is 0 Å². The van der Waals surface area contributed by atoms with E-state index in [4.69, 9.17) is 4.98 Å². The highest BCUT2D eigenvalue weighted by Gasteiger charge is 2.29. The standard InChI is InChI=1S/C18H28N6/c1-4-10-23-12-9-19-17(23)14-24-11-5-6-16(24)18-20-8-7-15(21-18)13-22(2)3/h7-9,12,16H,4-6,10-11,13-14H2,1-3H3/t16-/m1/s1. The highest BCUT2D eigenvalue weighted by molar-refractivity contribution is 5.07. The number of hydrogen-bond acceptors (Lipinski definition) is 5. The Labute approximate surface area is 144 Å². The van der Waals surface area contributed by atoms with Crippen LogP contribution in [0.15, 0.2) is 24.7 Å². The molecule has 6 nitrogen and oxygen atoms in total. The van der Waals surface area contributed by atoms with E-state index >= 15 is 0 Å². The van der Waals surface area contributed by atoms with Crippen molar-refractivity contribution < 1.29 is 0 Å². The molecule has 2 aromatic rings. The van der Waals surface area contributed by atoms with Crippen LogP contribution >= 0.6 is 0 Å². The second kappa shape index (κ2) is 7.85. The third-order valence-electron chi connectivity index (χ3n) is 4.48. The minimum Gasteiger partial charge on any atom is -0.334 e. The van der Waals surface area contributed by atoms with E-state index in [1.54, 1.807) is 0 Å². The van der Waals surface area contributed by atoms with Crippen molar-refractivity contribution in [3.63, 3.8) is 0 Å². The molecule has 0 spiro atoms. The lowest BCUT2D eigenvalue weighted by atomic mass is 10.2. The zero-order valence-electron chi connectivity index (χ0n) is 15.0. The lowest BCUT2D eigenvalue weighted by Crippen LogP contribution is -2.26. The normalized spacial score (nSPS) is 18.6. The van der Waals surface area contributed by atoms with Crippen LogP contribution in [0, 0.1) is 0 Å². The van der Waals surface area contributed by atoms with Crippen molar-refractivity contribution in [2.45, 2.75) is 51.9 Å². The van der Waals surface area contributed by atoms with E-state index in [1.165, 1.54) is 6.42 Å². The number of imidazole rings is 1. The quantitative estimate of drug-likeness (QED) is 0.781. The number of nitrogens with zero attached hydrogens (tertiary/aromatic N) is 6. The topological polar surface area (TPSA) is 50.1 Å². The van der Waals surface area contributed by atoms with Gasteiger partial charge in [0, 0.05) is 31.7 Å². The molecule has 6 heteroatoms. The summed E-state index contributed by atoms with van der Waals surface area (Å²) in [6.45, 7) is 6.04. The third-order valence-corrected chi connectivity index (χ3v) is 4.48. The molecule has 0 saturated carbocycles. The van der Waals surface area contributed by atoms with Crippen LogP contribution in [-0.2, 0) is 19.6 Å². The van der Waals surface area contributed by atoms with Crippen molar-refractivity contribution in [3.05, 3.63) is 42.0 Å². The van der Waals surface area contributed by atoms with Gasteiger partial charge in [-0.3, -0.25) is 4.90 Å². The van der Waals surface area contributed by atoms with Crippen LogP contribution in [0.5, 0.6) is 0 Å². The molecule has 1 atom stereocenters. The summed E-state index contributed by atoms with van der Waals surface area (Å²) in [6, 6.07) is 2.32. The summed E-state index contributed by atoms with van der Waals surface area (Å²) in [5.41, 5.74) is 1.09. The summed E-state index contributed by atoms with van der Waals surface area (Å²) in [6.07, 6.45) is 9.33. The maximum absolute atomic E-state index is 4.81. The number of aryl methyl sites for hydroxylation is 1. The zero-order valence-corrected chi connectivity index (χ0v) is 15.0. The Bertz CT molecular complexity index is 650. The summed E-state index contributed by atoms with van der Waals surface area (Å²) in [7, 11) is 4.13. The number of aromatic nitrogens is 4. The number of likely N-dealkylation sites (tertiary alicyclic amines) is 1. The first kappa shape index (κ1) is 17.0. The Kier molecular flexibility index (Phi) is 5.58.